The summed E-state index contributed by atoms with van der Waals surface area (Å²) in [4.78, 5) is 26.6. The minimum atomic E-state index is -1.04. The van der Waals surface area contributed by atoms with Gasteiger partial charge < -0.3 is 10.4 Å². The van der Waals surface area contributed by atoms with Crippen LogP contribution in [0.5, 0.6) is 0 Å². The van der Waals surface area contributed by atoms with Crippen molar-refractivity contribution in [2.24, 2.45) is 0 Å². The number of hydrogen-bond donors (Lipinski definition) is 2. The monoisotopic (exact) mass is 276 g/mol. The molecule has 2 aromatic rings. The summed E-state index contributed by atoms with van der Waals surface area (Å²) in [6, 6.07) is 5.19. The minimum Gasteiger partial charge on any atom is -0.478 e. The van der Waals surface area contributed by atoms with Gasteiger partial charge in [0.15, 0.2) is 0 Å². The molecule has 98 valence electrons. The second kappa shape index (κ2) is 6.10. The van der Waals surface area contributed by atoms with Crippen LogP contribution in [0.1, 0.15) is 22.3 Å². The van der Waals surface area contributed by atoms with Gasteiger partial charge in [0.25, 0.3) is 0 Å². The summed E-state index contributed by atoms with van der Waals surface area (Å²) >= 11 is 1.20. The van der Waals surface area contributed by atoms with Crippen LogP contribution in [0.4, 0.5) is 5.00 Å². The van der Waals surface area contributed by atoms with Crippen LogP contribution in [-0.4, -0.2) is 22.0 Å². The van der Waals surface area contributed by atoms with E-state index in [1.54, 1.807) is 17.8 Å². The zero-order valence-corrected chi connectivity index (χ0v) is 10.8. The second-order valence-corrected chi connectivity index (χ2v) is 4.79. The van der Waals surface area contributed by atoms with Crippen molar-refractivity contribution in [3.8, 4) is 0 Å². The first-order valence-corrected chi connectivity index (χ1v) is 6.54. The molecule has 2 heterocycles. The molecule has 0 aliphatic heterocycles. The molecule has 0 saturated carbocycles. The number of anilines is 1. The molecule has 0 atom stereocenters. The van der Waals surface area contributed by atoms with Gasteiger partial charge in [0.2, 0.25) is 5.91 Å². The molecule has 0 fully saturated rings. The highest BCUT2D eigenvalue weighted by molar-refractivity contribution is 7.14. The van der Waals surface area contributed by atoms with Crippen molar-refractivity contribution in [3.05, 3.63) is 47.1 Å². The maximum atomic E-state index is 11.7. The van der Waals surface area contributed by atoms with Crippen LogP contribution < -0.4 is 5.32 Å². The molecule has 0 bridgehead atoms. The first-order valence-electron chi connectivity index (χ1n) is 5.66. The van der Waals surface area contributed by atoms with E-state index in [-0.39, 0.29) is 11.5 Å². The maximum absolute atomic E-state index is 11.7. The number of pyridine rings is 1. The Morgan fingerprint density at radius 3 is 2.89 bits per heavy atom. The van der Waals surface area contributed by atoms with Crippen LogP contribution in [0.3, 0.4) is 0 Å². The number of aromatic nitrogens is 1. The molecule has 0 aliphatic rings. The molecule has 0 unspecified atom stereocenters. The number of carbonyl (C=O) groups excluding carboxylic acids is 1. The van der Waals surface area contributed by atoms with Crippen LogP contribution in [-0.2, 0) is 11.2 Å². The molecule has 0 saturated heterocycles. The molecule has 5 nitrogen and oxygen atoms in total. The number of nitrogens with zero attached hydrogens (tertiary/aromatic N) is 1. The molecule has 6 heteroatoms. The number of hydrogen-bond acceptors (Lipinski definition) is 4. The lowest BCUT2D eigenvalue weighted by atomic mass is 10.1. The van der Waals surface area contributed by atoms with Crippen molar-refractivity contribution < 1.29 is 14.7 Å². The number of aromatic carboxylic acids is 1. The fraction of sp³-hybridized carbons (Fsp3) is 0.154. The Morgan fingerprint density at radius 1 is 1.37 bits per heavy atom. The quantitative estimate of drug-likeness (QED) is 0.879. The van der Waals surface area contributed by atoms with Gasteiger partial charge in [-0.25, -0.2) is 4.79 Å². The van der Waals surface area contributed by atoms with E-state index in [1.807, 2.05) is 12.1 Å². The molecule has 2 rings (SSSR count). The maximum Gasteiger partial charge on any atom is 0.338 e. The van der Waals surface area contributed by atoms with E-state index in [9.17, 15) is 9.59 Å². The molecule has 0 aliphatic carbocycles. The highest BCUT2D eigenvalue weighted by atomic mass is 32.1. The summed E-state index contributed by atoms with van der Waals surface area (Å²) in [5, 5.41) is 13.6. The number of rotatable bonds is 5. The molecular formula is C13H12N2O3S. The van der Waals surface area contributed by atoms with Gasteiger partial charge in [-0.3, -0.25) is 9.78 Å². The number of carboxylic acids is 1. The third-order valence-corrected chi connectivity index (χ3v) is 3.34. The van der Waals surface area contributed by atoms with Crippen LogP contribution in [0, 0.1) is 0 Å². The van der Waals surface area contributed by atoms with Crippen molar-refractivity contribution in [1.82, 2.24) is 4.98 Å². The largest absolute Gasteiger partial charge is 0.478 e. The van der Waals surface area contributed by atoms with E-state index in [0.29, 0.717) is 17.8 Å². The summed E-state index contributed by atoms with van der Waals surface area (Å²) < 4.78 is 0. The van der Waals surface area contributed by atoms with Crippen molar-refractivity contribution in [3.63, 3.8) is 0 Å². The standard InChI is InChI=1S/C13H12N2O3S/c16-11(4-3-9-2-1-6-14-8-9)15-12-10(13(17)18)5-7-19-12/h1-2,5-8H,3-4H2,(H,15,16)(H,17,18). The average molecular weight is 276 g/mol. The molecular weight excluding hydrogens is 264 g/mol. The molecule has 0 aromatic carbocycles. The fourth-order valence-electron chi connectivity index (χ4n) is 1.57. The lowest BCUT2D eigenvalue weighted by molar-refractivity contribution is -0.116. The summed E-state index contributed by atoms with van der Waals surface area (Å²) in [6.07, 6.45) is 4.26. The number of nitrogens with one attached hydrogen (secondary N) is 1. The van der Waals surface area contributed by atoms with Gasteiger partial charge in [-0.2, -0.15) is 0 Å². The fourth-order valence-corrected chi connectivity index (χ4v) is 2.36. The first kappa shape index (κ1) is 13.2. The Bertz CT molecular complexity index is 581. The molecule has 0 radical (unpaired) electrons. The van der Waals surface area contributed by atoms with E-state index in [0.717, 1.165) is 5.56 Å². The molecule has 19 heavy (non-hydrogen) atoms. The highest BCUT2D eigenvalue weighted by Gasteiger charge is 2.13. The Morgan fingerprint density at radius 2 is 2.21 bits per heavy atom. The van der Waals surface area contributed by atoms with Crippen LogP contribution in [0.15, 0.2) is 36.0 Å². The minimum absolute atomic E-state index is 0.125. The van der Waals surface area contributed by atoms with Gasteiger partial charge in [0, 0.05) is 18.8 Å². The van der Waals surface area contributed by atoms with Crippen molar-refractivity contribution >= 4 is 28.2 Å². The number of amides is 1. The normalized spacial score (nSPS) is 10.1. The molecule has 0 spiro atoms. The predicted octanol–water partition coefficient (Wildman–Crippen LogP) is 2.41. The Balaban J connectivity index is 1.91. The molecule has 2 N–H and O–H groups in total. The lowest BCUT2D eigenvalue weighted by Gasteiger charge is -2.04. The molecule has 1 amide bonds. The zero-order chi connectivity index (χ0) is 13.7. The summed E-state index contributed by atoms with van der Waals surface area (Å²) in [5.74, 6) is -1.24. The van der Waals surface area contributed by atoms with E-state index in [1.165, 1.54) is 17.4 Å². The Labute approximate surface area is 113 Å². The van der Waals surface area contributed by atoms with Crippen molar-refractivity contribution in [2.75, 3.05) is 5.32 Å². The summed E-state index contributed by atoms with van der Waals surface area (Å²) in [5.41, 5.74) is 1.10. The van der Waals surface area contributed by atoms with Crippen molar-refractivity contribution in [1.29, 1.82) is 0 Å². The predicted molar refractivity (Wildman–Crippen MR) is 72.5 cm³/mol. The van der Waals surface area contributed by atoms with E-state index in [2.05, 4.69) is 10.3 Å². The van der Waals surface area contributed by atoms with Crippen LogP contribution >= 0.6 is 11.3 Å². The smallest absolute Gasteiger partial charge is 0.338 e. The highest BCUT2D eigenvalue weighted by Crippen LogP contribution is 2.23. The van der Waals surface area contributed by atoms with Crippen LogP contribution in [0.25, 0.3) is 0 Å². The zero-order valence-electron chi connectivity index (χ0n) is 10.00. The first-order chi connectivity index (χ1) is 9.16. The van der Waals surface area contributed by atoms with Crippen molar-refractivity contribution in [2.45, 2.75) is 12.8 Å². The van der Waals surface area contributed by atoms with Gasteiger partial charge >= 0.3 is 5.97 Å². The van der Waals surface area contributed by atoms with Gasteiger partial charge in [-0.05, 0) is 29.5 Å². The average Bonchev–Trinajstić information content (AvgIpc) is 2.86. The summed E-state index contributed by atoms with van der Waals surface area (Å²) in [6.45, 7) is 0. The number of carbonyl (C=O) groups is 2. The lowest BCUT2D eigenvalue weighted by Crippen LogP contribution is -2.13. The Hall–Kier alpha value is -2.21. The van der Waals surface area contributed by atoms with Crippen LogP contribution in [0.2, 0.25) is 0 Å². The number of aryl methyl sites for hydroxylation is 1. The topological polar surface area (TPSA) is 79.3 Å². The van der Waals surface area contributed by atoms with Gasteiger partial charge in [-0.1, -0.05) is 6.07 Å². The van der Waals surface area contributed by atoms with Gasteiger partial charge in [0.1, 0.15) is 5.00 Å². The summed E-state index contributed by atoms with van der Waals surface area (Å²) in [7, 11) is 0. The van der Waals surface area contributed by atoms with Gasteiger partial charge in [-0.15, -0.1) is 11.3 Å². The third kappa shape index (κ3) is 3.62. The molecule has 2 aromatic heterocycles. The Kier molecular flexibility index (Phi) is 4.25. The van der Waals surface area contributed by atoms with E-state index in [4.69, 9.17) is 5.11 Å². The second-order valence-electron chi connectivity index (χ2n) is 3.88. The van der Waals surface area contributed by atoms with Gasteiger partial charge in [0.05, 0.1) is 5.56 Å². The van der Waals surface area contributed by atoms with E-state index < -0.39 is 5.97 Å². The SMILES string of the molecule is O=C(CCc1cccnc1)Nc1sccc1C(=O)O. The van der Waals surface area contributed by atoms with E-state index >= 15 is 0 Å². The number of thiophene rings is 1. The third-order valence-electron chi connectivity index (χ3n) is 2.51. The number of carboxylic acid groups (broad SMARTS) is 1.